The second-order valence-electron chi connectivity index (χ2n) is 3.96. The summed E-state index contributed by atoms with van der Waals surface area (Å²) in [6.45, 7) is 4.17. The van der Waals surface area contributed by atoms with Gasteiger partial charge in [0.2, 0.25) is 0 Å². The summed E-state index contributed by atoms with van der Waals surface area (Å²) in [6.07, 6.45) is 4.42. The van der Waals surface area contributed by atoms with Crippen LogP contribution < -0.4 is 0 Å². The van der Waals surface area contributed by atoms with E-state index in [0.29, 0.717) is 0 Å². The van der Waals surface area contributed by atoms with Gasteiger partial charge in [-0.15, -0.1) is 0 Å². The lowest BCUT2D eigenvalue weighted by Crippen LogP contribution is -2.04. The highest BCUT2D eigenvalue weighted by Crippen LogP contribution is 2.08. The van der Waals surface area contributed by atoms with Crippen LogP contribution in [-0.2, 0) is 6.42 Å². The Hall–Kier alpha value is -1.08. The van der Waals surface area contributed by atoms with E-state index in [1.807, 2.05) is 24.3 Å². The van der Waals surface area contributed by atoms with E-state index in [-0.39, 0.29) is 6.10 Å². The van der Waals surface area contributed by atoms with Gasteiger partial charge in [0.1, 0.15) is 0 Å². The predicted octanol–water partition coefficient (Wildman–Crippen LogP) is 3.34. The highest BCUT2D eigenvalue weighted by molar-refractivity contribution is 5.15. The fourth-order valence-corrected chi connectivity index (χ4v) is 1.49. The van der Waals surface area contributed by atoms with E-state index < -0.39 is 0 Å². The molecule has 1 N–H and O–H groups in total. The molecule has 0 aromatic heterocycles. The molecule has 1 aromatic rings. The molecule has 0 aliphatic carbocycles. The second-order valence-corrected chi connectivity index (χ2v) is 3.96. The van der Waals surface area contributed by atoms with Gasteiger partial charge in [0.05, 0.1) is 6.10 Å². The number of aryl methyl sites for hydroxylation is 1. The smallest absolute Gasteiger partial charge is 0.0726 e. The van der Waals surface area contributed by atoms with Crippen LogP contribution in [0.5, 0.6) is 0 Å². The van der Waals surface area contributed by atoms with Gasteiger partial charge in [-0.1, -0.05) is 48.9 Å². The molecule has 1 aromatic carbocycles. The van der Waals surface area contributed by atoms with E-state index in [0.717, 1.165) is 19.3 Å². The van der Waals surface area contributed by atoms with Crippen LogP contribution in [0.15, 0.2) is 42.0 Å². The third-order valence-corrected chi connectivity index (χ3v) is 2.61. The van der Waals surface area contributed by atoms with Crippen LogP contribution in [0.1, 0.15) is 32.3 Å². The molecule has 1 nitrogen and oxygen atoms in total. The molecule has 0 aliphatic heterocycles. The summed E-state index contributed by atoms with van der Waals surface area (Å²) in [5, 5.41) is 9.74. The summed E-state index contributed by atoms with van der Waals surface area (Å²) in [7, 11) is 0. The van der Waals surface area contributed by atoms with Gasteiger partial charge in [-0.25, -0.2) is 0 Å². The first kappa shape index (κ1) is 12.0. The van der Waals surface area contributed by atoms with Gasteiger partial charge in [0.25, 0.3) is 0 Å². The Morgan fingerprint density at radius 3 is 2.60 bits per heavy atom. The minimum Gasteiger partial charge on any atom is -0.389 e. The number of aliphatic hydroxyl groups is 1. The normalized spacial score (nSPS) is 13.9. The number of hydrogen-bond acceptors (Lipinski definition) is 1. The minimum atomic E-state index is -0.301. The lowest BCUT2D eigenvalue weighted by molar-refractivity contribution is 0.212. The molecule has 0 saturated heterocycles. The molecule has 0 bridgehead atoms. The van der Waals surface area contributed by atoms with Crippen LogP contribution in [0.2, 0.25) is 0 Å². The third kappa shape index (κ3) is 4.80. The fourth-order valence-electron chi connectivity index (χ4n) is 1.49. The quantitative estimate of drug-likeness (QED) is 0.729. The van der Waals surface area contributed by atoms with Crippen LogP contribution in [0, 0.1) is 0 Å². The summed E-state index contributed by atoms with van der Waals surface area (Å²) in [5.41, 5.74) is 2.55. The molecule has 0 fully saturated rings. The maximum atomic E-state index is 9.74. The molecule has 0 radical (unpaired) electrons. The van der Waals surface area contributed by atoms with Crippen LogP contribution >= 0.6 is 0 Å². The maximum Gasteiger partial charge on any atom is 0.0726 e. The Labute approximate surface area is 92.5 Å². The van der Waals surface area contributed by atoms with Crippen molar-refractivity contribution in [2.75, 3.05) is 0 Å². The van der Waals surface area contributed by atoms with Crippen molar-refractivity contribution >= 4 is 0 Å². The summed E-state index contributed by atoms with van der Waals surface area (Å²) in [4.78, 5) is 0. The van der Waals surface area contributed by atoms with Gasteiger partial charge in [-0.2, -0.15) is 0 Å². The number of hydrogen-bond donors (Lipinski definition) is 1. The number of allylic oxidation sites excluding steroid dienone is 1. The maximum absolute atomic E-state index is 9.74. The van der Waals surface area contributed by atoms with Crippen molar-refractivity contribution < 1.29 is 5.11 Å². The van der Waals surface area contributed by atoms with Crippen molar-refractivity contribution in [3.63, 3.8) is 0 Å². The summed E-state index contributed by atoms with van der Waals surface area (Å²) >= 11 is 0. The topological polar surface area (TPSA) is 20.2 Å². The molecule has 0 spiro atoms. The highest BCUT2D eigenvalue weighted by atomic mass is 16.3. The van der Waals surface area contributed by atoms with Crippen molar-refractivity contribution in [1.82, 2.24) is 0 Å². The first-order valence-electron chi connectivity index (χ1n) is 5.61. The Morgan fingerprint density at radius 2 is 2.00 bits per heavy atom. The van der Waals surface area contributed by atoms with Crippen molar-refractivity contribution in [3.8, 4) is 0 Å². The van der Waals surface area contributed by atoms with E-state index >= 15 is 0 Å². The molecule has 1 heteroatoms. The monoisotopic (exact) mass is 204 g/mol. The zero-order valence-corrected chi connectivity index (χ0v) is 9.61. The zero-order valence-electron chi connectivity index (χ0n) is 9.61. The van der Waals surface area contributed by atoms with E-state index in [2.05, 4.69) is 26.0 Å². The Bertz CT molecular complexity index is 300. The Balaban J connectivity index is 2.38. The van der Waals surface area contributed by atoms with E-state index in [9.17, 15) is 5.11 Å². The summed E-state index contributed by atoms with van der Waals surface area (Å²) in [6, 6.07) is 10.3. The average Bonchev–Trinajstić information content (AvgIpc) is 2.27. The van der Waals surface area contributed by atoms with Gasteiger partial charge >= 0.3 is 0 Å². The molecule has 0 aliphatic rings. The largest absolute Gasteiger partial charge is 0.389 e. The lowest BCUT2D eigenvalue weighted by Gasteiger charge is -2.07. The first-order valence-corrected chi connectivity index (χ1v) is 5.61. The van der Waals surface area contributed by atoms with Gasteiger partial charge in [0.15, 0.2) is 0 Å². The van der Waals surface area contributed by atoms with Gasteiger partial charge in [-0.3, -0.25) is 0 Å². The van der Waals surface area contributed by atoms with E-state index in [4.69, 9.17) is 0 Å². The minimum absolute atomic E-state index is 0.301. The Morgan fingerprint density at radius 1 is 1.33 bits per heavy atom. The van der Waals surface area contributed by atoms with Crippen molar-refractivity contribution in [2.24, 2.45) is 0 Å². The van der Waals surface area contributed by atoms with E-state index in [1.165, 1.54) is 11.1 Å². The number of benzene rings is 1. The van der Waals surface area contributed by atoms with Crippen LogP contribution in [0.4, 0.5) is 0 Å². The van der Waals surface area contributed by atoms with Crippen molar-refractivity contribution in [2.45, 2.75) is 39.2 Å². The molecule has 0 saturated carbocycles. The SMILES string of the molecule is CC/C(C)=C/[C@H](O)CCc1ccccc1. The molecule has 0 heterocycles. The summed E-state index contributed by atoms with van der Waals surface area (Å²) < 4.78 is 0. The van der Waals surface area contributed by atoms with Crippen molar-refractivity contribution in [3.05, 3.63) is 47.5 Å². The van der Waals surface area contributed by atoms with E-state index in [1.54, 1.807) is 0 Å². The fraction of sp³-hybridized carbons (Fsp3) is 0.429. The molecular formula is C14H20O. The summed E-state index contributed by atoms with van der Waals surface area (Å²) in [5.74, 6) is 0. The molecule has 1 rings (SSSR count). The molecule has 0 amide bonds. The average molecular weight is 204 g/mol. The molecule has 1 atom stereocenters. The van der Waals surface area contributed by atoms with Gasteiger partial charge < -0.3 is 5.11 Å². The number of rotatable bonds is 5. The molecule has 15 heavy (non-hydrogen) atoms. The number of aliphatic hydroxyl groups excluding tert-OH is 1. The standard InChI is InChI=1S/C14H20O/c1-3-12(2)11-14(15)10-9-13-7-5-4-6-8-13/h4-8,11,14-15H,3,9-10H2,1-2H3/b12-11+/t14-/m1/s1. The Kier molecular flexibility index (Phi) is 5.13. The van der Waals surface area contributed by atoms with Gasteiger partial charge in [-0.05, 0) is 31.7 Å². The molecule has 82 valence electrons. The molecular weight excluding hydrogens is 184 g/mol. The zero-order chi connectivity index (χ0) is 11.1. The van der Waals surface area contributed by atoms with Crippen molar-refractivity contribution in [1.29, 1.82) is 0 Å². The van der Waals surface area contributed by atoms with Gasteiger partial charge in [0, 0.05) is 0 Å². The van der Waals surface area contributed by atoms with Crippen LogP contribution in [0.25, 0.3) is 0 Å². The first-order chi connectivity index (χ1) is 7.22. The predicted molar refractivity (Wildman–Crippen MR) is 64.8 cm³/mol. The second kappa shape index (κ2) is 6.41. The lowest BCUT2D eigenvalue weighted by atomic mass is 10.0. The third-order valence-electron chi connectivity index (χ3n) is 2.61. The van der Waals surface area contributed by atoms with Crippen LogP contribution in [0.3, 0.4) is 0 Å². The highest BCUT2D eigenvalue weighted by Gasteiger charge is 2.01. The molecule has 0 unspecified atom stereocenters. The van der Waals surface area contributed by atoms with Crippen LogP contribution in [-0.4, -0.2) is 11.2 Å².